The molecule has 1 aromatic heterocycles. The lowest BCUT2D eigenvalue weighted by Crippen LogP contribution is -2.31. The quantitative estimate of drug-likeness (QED) is 0.598. The minimum atomic E-state index is -4.76. The summed E-state index contributed by atoms with van der Waals surface area (Å²) in [7, 11) is 0. The molecule has 0 unspecified atom stereocenters. The molecule has 0 spiro atoms. The minimum absolute atomic E-state index is 0.00828. The summed E-state index contributed by atoms with van der Waals surface area (Å²) in [5, 5.41) is 12.4. The van der Waals surface area contributed by atoms with Crippen LogP contribution in [0.5, 0.6) is 0 Å². The van der Waals surface area contributed by atoms with E-state index in [1.807, 2.05) is 4.98 Å². The molecule has 0 radical (unpaired) electrons. The summed E-state index contributed by atoms with van der Waals surface area (Å²) in [6.45, 7) is 1.45. The topological polar surface area (TPSA) is 105 Å². The van der Waals surface area contributed by atoms with E-state index in [1.54, 1.807) is 0 Å². The number of benzene rings is 2. The molecule has 0 bridgehead atoms. The highest BCUT2D eigenvalue weighted by Gasteiger charge is 2.34. The summed E-state index contributed by atoms with van der Waals surface area (Å²) in [6, 6.07) is 4.36. The first-order chi connectivity index (χ1) is 14.4. The molecule has 0 aliphatic carbocycles. The highest BCUT2D eigenvalue weighted by Crippen LogP contribution is 2.40. The second-order valence-corrected chi connectivity index (χ2v) is 7.27. The Morgan fingerprint density at radius 3 is 2.48 bits per heavy atom. The summed E-state index contributed by atoms with van der Waals surface area (Å²) in [5.41, 5.74) is -2.54. The van der Waals surface area contributed by atoms with Crippen molar-refractivity contribution in [3.8, 4) is 16.8 Å². The minimum Gasteiger partial charge on any atom is -0.481 e. The number of carbonyl (C=O) groups is 1. The van der Waals surface area contributed by atoms with E-state index < -0.39 is 40.4 Å². The SMILES string of the molecule is Cc1c(Cl)c(CC(=O)O)cc(-c2ccc(Cl)c(C(F)(F)F)c2)c1-n1ncc(=O)[nH]c1=O. The van der Waals surface area contributed by atoms with Crippen molar-refractivity contribution in [2.45, 2.75) is 19.5 Å². The number of hydrogen-bond donors (Lipinski definition) is 2. The molecule has 0 aliphatic heterocycles. The monoisotopic (exact) mass is 473 g/mol. The Bertz CT molecular complexity index is 1320. The van der Waals surface area contributed by atoms with Gasteiger partial charge in [-0.2, -0.15) is 23.0 Å². The zero-order valence-corrected chi connectivity index (χ0v) is 17.1. The van der Waals surface area contributed by atoms with E-state index in [9.17, 15) is 27.6 Å². The molecule has 3 rings (SSSR count). The van der Waals surface area contributed by atoms with E-state index in [4.69, 9.17) is 28.3 Å². The van der Waals surface area contributed by atoms with E-state index in [2.05, 4.69) is 5.10 Å². The van der Waals surface area contributed by atoms with E-state index >= 15 is 0 Å². The summed E-state index contributed by atoms with van der Waals surface area (Å²) < 4.78 is 40.9. The number of aliphatic carboxylic acids is 1. The van der Waals surface area contributed by atoms with Crippen LogP contribution in [-0.2, 0) is 17.4 Å². The smallest absolute Gasteiger partial charge is 0.417 e. The van der Waals surface area contributed by atoms with Gasteiger partial charge >= 0.3 is 17.8 Å². The molecule has 0 saturated carbocycles. The maximum Gasteiger partial charge on any atom is 0.417 e. The van der Waals surface area contributed by atoms with Crippen LogP contribution in [0.1, 0.15) is 16.7 Å². The zero-order valence-electron chi connectivity index (χ0n) is 15.6. The zero-order chi connectivity index (χ0) is 23.1. The summed E-state index contributed by atoms with van der Waals surface area (Å²) in [5.74, 6) is -1.22. The highest BCUT2D eigenvalue weighted by atomic mass is 35.5. The van der Waals surface area contributed by atoms with Gasteiger partial charge in [-0.25, -0.2) is 4.79 Å². The van der Waals surface area contributed by atoms with Crippen LogP contribution >= 0.6 is 23.2 Å². The Labute approximate surface area is 181 Å². The molecule has 31 heavy (non-hydrogen) atoms. The first-order valence-electron chi connectivity index (χ1n) is 8.50. The van der Waals surface area contributed by atoms with Crippen LogP contribution < -0.4 is 11.2 Å². The lowest BCUT2D eigenvalue weighted by Gasteiger charge is -2.19. The van der Waals surface area contributed by atoms with E-state index in [0.29, 0.717) is 0 Å². The van der Waals surface area contributed by atoms with Crippen molar-refractivity contribution in [2.75, 3.05) is 0 Å². The molecule has 162 valence electrons. The Morgan fingerprint density at radius 2 is 1.90 bits per heavy atom. The van der Waals surface area contributed by atoms with E-state index in [1.165, 1.54) is 19.1 Å². The number of alkyl halides is 3. The van der Waals surface area contributed by atoms with Gasteiger partial charge < -0.3 is 5.11 Å². The van der Waals surface area contributed by atoms with Gasteiger partial charge in [-0.3, -0.25) is 14.6 Å². The number of nitrogens with one attached hydrogen (secondary N) is 1. The Kier molecular flexibility index (Phi) is 5.97. The third kappa shape index (κ3) is 4.49. The average Bonchev–Trinajstić information content (AvgIpc) is 2.65. The second kappa shape index (κ2) is 8.20. The number of H-pyrrole nitrogens is 1. The van der Waals surface area contributed by atoms with Gasteiger partial charge in [-0.15, -0.1) is 0 Å². The molecule has 0 aliphatic rings. The van der Waals surface area contributed by atoms with Crippen LogP contribution in [0.2, 0.25) is 10.0 Å². The maximum atomic E-state index is 13.4. The standard InChI is InChI=1S/C19H12Cl2F3N3O4/c1-8-16(21)10(6-15(29)30)4-11(17(8)27-18(31)26-14(28)7-25-27)9-2-3-13(20)12(5-9)19(22,23)24/h2-5,7H,6H2,1H3,(H,29,30)(H,26,28,31). The molecular formula is C19H12Cl2F3N3O4. The van der Waals surface area contributed by atoms with Gasteiger partial charge in [0.1, 0.15) is 6.20 Å². The van der Waals surface area contributed by atoms with Crippen LogP contribution in [0.25, 0.3) is 16.8 Å². The third-order valence-electron chi connectivity index (χ3n) is 4.39. The van der Waals surface area contributed by atoms with Crippen LogP contribution in [0.3, 0.4) is 0 Å². The molecule has 7 nitrogen and oxygen atoms in total. The van der Waals surface area contributed by atoms with Gasteiger partial charge in [0.15, 0.2) is 0 Å². The fraction of sp³-hybridized carbons (Fsp3) is 0.158. The number of carboxylic acids is 1. The van der Waals surface area contributed by atoms with Gasteiger partial charge in [0, 0.05) is 10.6 Å². The average molecular weight is 474 g/mol. The van der Waals surface area contributed by atoms with Crippen molar-refractivity contribution in [1.29, 1.82) is 0 Å². The van der Waals surface area contributed by atoms with Crippen molar-refractivity contribution >= 4 is 29.2 Å². The lowest BCUT2D eigenvalue weighted by molar-refractivity contribution is -0.137. The molecule has 1 heterocycles. The highest BCUT2D eigenvalue weighted by molar-refractivity contribution is 6.33. The molecule has 0 fully saturated rings. The third-order valence-corrected chi connectivity index (χ3v) is 5.25. The van der Waals surface area contributed by atoms with Crippen LogP contribution in [0.4, 0.5) is 13.2 Å². The van der Waals surface area contributed by atoms with E-state index in [0.717, 1.165) is 23.0 Å². The molecule has 2 aromatic carbocycles. The number of halogens is 5. The number of aromatic nitrogens is 3. The number of carboxylic acid groups (broad SMARTS) is 1. The van der Waals surface area contributed by atoms with Crippen molar-refractivity contribution in [2.24, 2.45) is 0 Å². The maximum absolute atomic E-state index is 13.4. The molecule has 0 amide bonds. The predicted molar refractivity (Wildman–Crippen MR) is 107 cm³/mol. The van der Waals surface area contributed by atoms with Crippen molar-refractivity contribution in [1.82, 2.24) is 14.8 Å². The molecule has 0 atom stereocenters. The lowest BCUT2D eigenvalue weighted by atomic mass is 9.95. The second-order valence-electron chi connectivity index (χ2n) is 6.48. The largest absolute Gasteiger partial charge is 0.481 e. The molecule has 3 aromatic rings. The first kappa shape index (κ1) is 22.6. The molecule has 0 saturated heterocycles. The van der Waals surface area contributed by atoms with Crippen LogP contribution in [0.15, 0.2) is 40.1 Å². The fourth-order valence-corrected chi connectivity index (χ4v) is 3.50. The number of nitrogens with zero attached hydrogens (tertiary/aromatic N) is 2. The van der Waals surface area contributed by atoms with Gasteiger partial charge in [0.2, 0.25) is 0 Å². The summed E-state index contributed by atoms with van der Waals surface area (Å²) >= 11 is 12.0. The first-order valence-corrected chi connectivity index (χ1v) is 9.25. The number of aromatic amines is 1. The van der Waals surface area contributed by atoms with Gasteiger partial charge in [0.25, 0.3) is 5.56 Å². The van der Waals surface area contributed by atoms with Crippen molar-refractivity contribution < 1.29 is 23.1 Å². The predicted octanol–water partition coefficient (Wildman–Crippen LogP) is 3.85. The normalized spacial score (nSPS) is 11.5. The van der Waals surface area contributed by atoms with Crippen LogP contribution in [0, 0.1) is 6.92 Å². The fourth-order valence-electron chi connectivity index (χ4n) is 3.06. The number of rotatable bonds is 4. The van der Waals surface area contributed by atoms with Gasteiger partial charge in [0.05, 0.1) is 22.7 Å². The van der Waals surface area contributed by atoms with Crippen LogP contribution in [-0.4, -0.2) is 25.8 Å². The summed E-state index contributed by atoms with van der Waals surface area (Å²) in [6.07, 6.45) is -4.46. The summed E-state index contributed by atoms with van der Waals surface area (Å²) in [4.78, 5) is 37.0. The Balaban J connectivity index is 2.42. The van der Waals surface area contributed by atoms with Gasteiger partial charge in [-0.1, -0.05) is 29.3 Å². The Hall–Kier alpha value is -3.11. The Morgan fingerprint density at radius 1 is 1.23 bits per heavy atom. The molecular weight excluding hydrogens is 462 g/mol. The molecule has 2 N–H and O–H groups in total. The van der Waals surface area contributed by atoms with E-state index in [-0.39, 0.29) is 33.0 Å². The van der Waals surface area contributed by atoms with Gasteiger partial charge in [-0.05, 0) is 41.8 Å². The molecule has 12 heteroatoms. The van der Waals surface area contributed by atoms with Crippen molar-refractivity contribution in [3.63, 3.8) is 0 Å². The van der Waals surface area contributed by atoms with Crippen molar-refractivity contribution in [3.05, 3.63) is 78.0 Å². The number of hydrogen-bond acceptors (Lipinski definition) is 4.